The minimum Gasteiger partial charge on any atom is -0.465 e. The Bertz CT molecular complexity index is 1300. The van der Waals surface area contributed by atoms with Crippen molar-refractivity contribution in [1.82, 2.24) is 9.97 Å². The average Bonchev–Trinajstić information content (AvgIpc) is 3.35. The molecule has 4 rings (SSSR count). The summed E-state index contributed by atoms with van der Waals surface area (Å²) < 4.78 is 10.6. The van der Waals surface area contributed by atoms with E-state index in [0.29, 0.717) is 28.4 Å². The molecule has 8 nitrogen and oxygen atoms in total. The number of fused-ring (bicyclic) bond motifs is 1. The van der Waals surface area contributed by atoms with E-state index in [1.54, 1.807) is 31.2 Å². The second-order valence-corrected chi connectivity index (χ2v) is 7.32. The summed E-state index contributed by atoms with van der Waals surface area (Å²) in [4.78, 5) is 44.0. The van der Waals surface area contributed by atoms with Crippen LogP contribution in [0.2, 0.25) is 0 Å². The van der Waals surface area contributed by atoms with Gasteiger partial charge in [-0.3, -0.25) is 9.59 Å². The third-order valence-corrected chi connectivity index (χ3v) is 5.12. The number of carbonyl (C=O) groups excluding carboxylic acids is 3. The van der Waals surface area contributed by atoms with E-state index < -0.39 is 5.97 Å². The summed E-state index contributed by atoms with van der Waals surface area (Å²) in [5.74, 6) is -0.683. The molecule has 0 saturated carbocycles. The van der Waals surface area contributed by atoms with Crippen LogP contribution in [0, 0.1) is 6.92 Å². The number of nitrogens with one attached hydrogen (secondary N) is 2. The zero-order valence-electron chi connectivity index (χ0n) is 17.8. The molecule has 1 amide bonds. The van der Waals surface area contributed by atoms with E-state index in [2.05, 4.69) is 15.3 Å². The lowest BCUT2D eigenvalue weighted by atomic mass is 10.1. The molecule has 2 N–H and O–H groups in total. The Balaban J connectivity index is 1.50. The normalized spacial score (nSPS) is 10.8. The first-order valence-electron chi connectivity index (χ1n) is 9.94. The van der Waals surface area contributed by atoms with E-state index in [0.717, 1.165) is 11.1 Å². The SMILES string of the molecule is COC(=O)c1c(CC(=O)Nc2ccc(-c3nc4ccccc4o3)cc2)[nH]c(C(C)=O)c1C. The maximum absolute atomic E-state index is 12.6. The highest BCUT2D eigenvalue weighted by Crippen LogP contribution is 2.25. The van der Waals surface area contributed by atoms with Crippen LogP contribution >= 0.6 is 0 Å². The fourth-order valence-electron chi connectivity index (χ4n) is 3.58. The number of rotatable bonds is 6. The molecule has 0 bridgehead atoms. The second-order valence-electron chi connectivity index (χ2n) is 7.32. The zero-order chi connectivity index (χ0) is 22.8. The summed E-state index contributed by atoms with van der Waals surface area (Å²) in [6, 6.07) is 14.6. The lowest BCUT2D eigenvalue weighted by Crippen LogP contribution is -2.17. The second kappa shape index (κ2) is 8.50. The molecule has 2 heterocycles. The standard InChI is InChI=1S/C24H21N3O5/c1-13-21(24(30)31-3)18(26-22(13)14(2)28)12-20(29)25-16-10-8-15(9-11-16)23-27-17-6-4-5-7-19(17)32-23/h4-11,26H,12H2,1-3H3,(H,25,29). The largest absolute Gasteiger partial charge is 0.465 e. The van der Waals surface area contributed by atoms with Gasteiger partial charge in [-0.15, -0.1) is 0 Å². The molecule has 2 aromatic carbocycles. The van der Waals surface area contributed by atoms with Crippen LogP contribution in [0.5, 0.6) is 0 Å². The average molecular weight is 431 g/mol. The van der Waals surface area contributed by atoms with Crippen LogP contribution in [0.1, 0.15) is 39.0 Å². The van der Waals surface area contributed by atoms with Gasteiger partial charge in [-0.25, -0.2) is 9.78 Å². The van der Waals surface area contributed by atoms with Crippen LogP contribution in [-0.4, -0.2) is 34.7 Å². The van der Waals surface area contributed by atoms with E-state index in [9.17, 15) is 14.4 Å². The Kier molecular flexibility index (Phi) is 5.59. The number of carbonyl (C=O) groups is 3. The number of hydrogen-bond acceptors (Lipinski definition) is 6. The van der Waals surface area contributed by atoms with Crippen molar-refractivity contribution >= 4 is 34.4 Å². The van der Waals surface area contributed by atoms with Gasteiger partial charge >= 0.3 is 5.97 Å². The van der Waals surface area contributed by atoms with Crippen LogP contribution < -0.4 is 5.32 Å². The first-order chi connectivity index (χ1) is 15.4. The zero-order valence-corrected chi connectivity index (χ0v) is 17.8. The number of aromatic nitrogens is 2. The number of hydrogen-bond donors (Lipinski definition) is 2. The number of H-pyrrole nitrogens is 1. The van der Waals surface area contributed by atoms with Crippen molar-refractivity contribution in [1.29, 1.82) is 0 Å². The molecule has 32 heavy (non-hydrogen) atoms. The Morgan fingerprint density at radius 3 is 2.47 bits per heavy atom. The van der Waals surface area contributed by atoms with E-state index in [4.69, 9.17) is 9.15 Å². The molecule has 0 aliphatic rings. The highest BCUT2D eigenvalue weighted by Gasteiger charge is 2.24. The number of anilines is 1. The van der Waals surface area contributed by atoms with E-state index in [-0.39, 0.29) is 29.4 Å². The van der Waals surface area contributed by atoms with Gasteiger partial charge in [0.1, 0.15) is 5.52 Å². The topological polar surface area (TPSA) is 114 Å². The minimum atomic E-state index is -0.600. The van der Waals surface area contributed by atoms with Crippen LogP contribution in [-0.2, 0) is 16.0 Å². The lowest BCUT2D eigenvalue weighted by Gasteiger charge is -2.07. The Morgan fingerprint density at radius 1 is 1.09 bits per heavy atom. The smallest absolute Gasteiger partial charge is 0.339 e. The molecule has 4 aromatic rings. The molecule has 162 valence electrons. The summed E-state index contributed by atoms with van der Waals surface area (Å²) in [6.07, 6.45) is -0.120. The molecular formula is C24H21N3O5. The van der Waals surface area contributed by atoms with E-state index in [1.165, 1.54) is 14.0 Å². The third-order valence-electron chi connectivity index (χ3n) is 5.12. The molecule has 0 saturated heterocycles. The monoisotopic (exact) mass is 431 g/mol. The molecule has 0 unspecified atom stereocenters. The number of para-hydroxylation sites is 2. The molecule has 8 heteroatoms. The van der Waals surface area contributed by atoms with Gasteiger partial charge in [0, 0.05) is 23.9 Å². The number of esters is 1. The van der Waals surface area contributed by atoms with Gasteiger partial charge in [0.05, 0.1) is 24.8 Å². The van der Waals surface area contributed by atoms with E-state index in [1.807, 2.05) is 24.3 Å². The number of benzene rings is 2. The maximum atomic E-state index is 12.6. The molecule has 0 atom stereocenters. The van der Waals surface area contributed by atoms with Crippen LogP contribution in [0.15, 0.2) is 52.9 Å². The molecule has 0 fully saturated rings. The first kappa shape index (κ1) is 21.0. The Hall–Kier alpha value is -4.20. The number of amides is 1. The summed E-state index contributed by atoms with van der Waals surface area (Å²) in [5.41, 5.74) is 4.12. The van der Waals surface area contributed by atoms with Gasteiger partial charge in [-0.2, -0.15) is 0 Å². The van der Waals surface area contributed by atoms with Gasteiger partial charge in [-0.1, -0.05) is 12.1 Å². The quantitative estimate of drug-likeness (QED) is 0.347. The lowest BCUT2D eigenvalue weighted by molar-refractivity contribution is -0.115. The van der Waals surface area contributed by atoms with Crippen molar-refractivity contribution in [2.45, 2.75) is 20.3 Å². The number of Topliss-reactive ketones (excluding diaryl/α,β-unsaturated/α-hetero) is 1. The van der Waals surface area contributed by atoms with Crippen LogP contribution in [0.4, 0.5) is 5.69 Å². The van der Waals surface area contributed by atoms with Crippen molar-refractivity contribution in [2.75, 3.05) is 12.4 Å². The predicted octanol–water partition coefficient (Wildman–Crippen LogP) is 4.30. The van der Waals surface area contributed by atoms with E-state index >= 15 is 0 Å². The number of methoxy groups -OCH3 is 1. The summed E-state index contributed by atoms with van der Waals surface area (Å²) >= 11 is 0. The fraction of sp³-hybridized carbons (Fsp3) is 0.167. The third kappa shape index (κ3) is 4.02. The summed E-state index contributed by atoms with van der Waals surface area (Å²) in [6.45, 7) is 3.04. The van der Waals surface area contributed by atoms with Crippen molar-refractivity contribution in [3.63, 3.8) is 0 Å². The predicted molar refractivity (Wildman–Crippen MR) is 119 cm³/mol. The minimum absolute atomic E-state index is 0.120. The van der Waals surface area contributed by atoms with Gasteiger partial charge in [-0.05, 0) is 48.9 Å². The van der Waals surface area contributed by atoms with Gasteiger partial charge in [0.2, 0.25) is 11.8 Å². The highest BCUT2D eigenvalue weighted by molar-refractivity contribution is 6.02. The molecule has 0 aliphatic carbocycles. The Labute approximate surface area is 183 Å². The van der Waals surface area contributed by atoms with Crippen molar-refractivity contribution < 1.29 is 23.5 Å². The Morgan fingerprint density at radius 2 is 1.81 bits per heavy atom. The van der Waals surface area contributed by atoms with Crippen molar-refractivity contribution in [3.05, 3.63) is 71.0 Å². The van der Waals surface area contributed by atoms with Gasteiger partial charge < -0.3 is 19.5 Å². The van der Waals surface area contributed by atoms with Crippen LogP contribution in [0.3, 0.4) is 0 Å². The number of oxazole rings is 1. The summed E-state index contributed by atoms with van der Waals surface area (Å²) in [7, 11) is 1.25. The van der Waals surface area contributed by atoms with Gasteiger partial charge in [0.15, 0.2) is 11.4 Å². The first-order valence-corrected chi connectivity index (χ1v) is 9.94. The van der Waals surface area contributed by atoms with Crippen LogP contribution in [0.25, 0.3) is 22.6 Å². The maximum Gasteiger partial charge on any atom is 0.339 e. The fourth-order valence-corrected chi connectivity index (χ4v) is 3.58. The van der Waals surface area contributed by atoms with Crippen molar-refractivity contribution in [3.8, 4) is 11.5 Å². The van der Waals surface area contributed by atoms with Crippen molar-refractivity contribution in [2.24, 2.45) is 0 Å². The number of nitrogens with zero attached hydrogens (tertiary/aromatic N) is 1. The number of aromatic amines is 1. The number of ketones is 1. The molecular weight excluding hydrogens is 410 g/mol. The summed E-state index contributed by atoms with van der Waals surface area (Å²) in [5, 5.41) is 2.79. The molecule has 0 aliphatic heterocycles. The molecule has 0 radical (unpaired) electrons. The van der Waals surface area contributed by atoms with Gasteiger partial charge in [0.25, 0.3) is 0 Å². The highest BCUT2D eigenvalue weighted by atomic mass is 16.5. The number of ether oxygens (including phenoxy) is 1. The molecule has 2 aromatic heterocycles. The molecule has 0 spiro atoms.